The fraction of sp³-hybridized carbons (Fsp3) is 0.389. The highest BCUT2D eigenvalue weighted by molar-refractivity contribution is 7.80. The minimum Gasteiger partial charge on any atom is -0.383 e. The van der Waals surface area contributed by atoms with Crippen molar-refractivity contribution in [3.8, 4) is 6.07 Å². The molecule has 0 bridgehead atoms. The molecule has 1 aromatic heterocycles. The second-order valence-electron chi connectivity index (χ2n) is 5.65. The molecular formula is C18H23N5OS. The molecule has 0 amide bonds. The lowest BCUT2D eigenvalue weighted by molar-refractivity contribution is 0.204. The predicted octanol–water partition coefficient (Wildman–Crippen LogP) is 2.33. The van der Waals surface area contributed by atoms with Crippen LogP contribution in [0.3, 0.4) is 0 Å². The van der Waals surface area contributed by atoms with Crippen LogP contribution in [-0.4, -0.2) is 43.4 Å². The number of hydrogen-bond acceptors (Lipinski definition) is 5. The van der Waals surface area contributed by atoms with Gasteiger partial charge in [0.2, 0.25) is 0 Å². The van der Waals surface area contributed by atoms with E-state index in [-0.39, 0.29) is 0 Å². The number of nitriles is 1. The Kier molecular flexibility index (Phi) is 7.38. The summed E-state index contributed by atoms with van der Waals surface area (Å²) < 4.78 is 4.95. The Hall–Kier alpha value is -2.43. The van der Waals surface area contributed by atoms with Crippen LogP contribution in [0.5, 0.6) is 0 Å². The van der Waals surface area contributed by atoms with E-state index in [2.05, 4.69) is 27.0 Å². The van der Waals surface area contributed by atoms with Crippen LogP contribution in [-0.2, 0) is 4.74 Å². The first kappa shape index (κ1) is 18.9. The maximum Gasteiger partial charge on any atom is 0.166 e. The first-order chi connectivity index (χ1) is 12.1. The molecule has 0 aliphatic rings. The van der Waals surface area contributed by atoms with Crippen LogP contribution in [0.2, 0.25) is 0 Å². The Morgan fingerprint density at radius 1 is 1.24 bits per heavy atom. The zero-order chi connectivity index (χ0) is 18.1. The van der Waals surface area contributed by atoms with Crippen LogP contribution >= 0.6 is 12.2 Å². The van der Waals surface area contributed by atoms with Crippen molar-refractivity contribution in [2.45, 2.75) is 13.3 Å². The van der Waals surface area contributed by atoms with Gasteiger partial charge in [0.25, 0.3) is 0 Å². The van der Waals surface area contributed by atoms with E-state index < -0.39 is 0 Å². The van der Waals surface area contributed by atoms with Crippen LogP contribution in [0, 0.1) is 18.3 Å². The Labute approximate surface area is 153 Å². The number of benzene rings is 1. The quantitative estimate of drug-likeness (QED) is 0.494. The van der Waals surface area contributed by atoms with Crippen LogP contribution in [0.4, 0.5) is 5.82 Å². The summed E-state index contributed by atoms with van der Waals surface area (Å²) in [6.45, 7) is 4.77. The highest BCUT2D eigenvalue weighted by Gasteiger charge is 2.06. The van der Waals surface area contributed by atoms with Gasteiger partial charge in [-0.3, -0.25) is 0 Å². The molecule has 132 valence electrons. The molecule has 1 aromatic carbocycles. The lowest BCUT2D eigenvalue weighted by Crippen LogP contribution is -2.37. The van der Waals surface area contributed by atoms with Crippen LogP contribution in [0.15, 0.2) is 24.3 Å². The SMILES string of the molecule is COCCNC(=S)NCCCNc1nc2ccc(C)cc2cc1C#N. The van der Waals surface area contributed by atoms with E-state index in [0.29, 0.717) is 36.2 Å². The number of nitrogens with zero attached hydrogens (tertiary/aromatic N) is 2. The van der Waals surface area contributed by atoms with Gasteiger partial charge < -0.3 is 20.7 Å². The molecular weight excluding hydrogens is 334 g/mol. The standard InChI is InChI=1S/C18H23N5OS/c1-13-4-5-16-14(10-13)11-15(12-19)17(23-16)20-6-3-7-21-18(25)22-8-9-24-2/h4-5,10-11H,3,6-9H2,1-2H3,(H,20,23)(H2,21,22,25). The molecule has 0 saturated heterocycles. The third-order valence-electron chi connectivity index (χ3n) is 3.61. The van der Waals surface area contributed by atoms with Crippen molar-refractivity contribution in [1.29, 1.82) is 5.26 Å². The fourth-order valence-corrected chi connectivity index (χ4v) is 2.55. The first-order valence-electron chi connectivity index (χ1n) is 8.20. The second kappa shape index (κ2) is 9.77. The smallest absolute Gasteiger partial charge is 0.166 e. The van der Waals surface area contributed by atoms with Crippen LogP contribution in [0.25, 0.3) is 10.9 Å². The normalized spacial score (nSPS) is 10.3. The molecule has 0 radical (unpaired) electrons. The van der Waals surface area contributed by atoms with Crippen molar-refractivity contribution in [2.24, 2.45) is 0 Å². The summed E-state index contributed by atoms with van der Waals surface area (Å²) in [7, 11) is 1.65. The molecule has 0 unspecified atom stereocenters. The molecule has 0 atom stereocenters. The lowest BCUT2D eigenvalue weighted by atomic mass is 10.1. The average molecular weight is 357 g/mol. The lowest BCUT2D eigenvalue weighted by Gasteiger charge is -2.11. The number of nitrogens with one attached hydrogen (secondary N) is 3. The Bertz CT molecular complexity index is 772. The van der Waals surface area contributed by atoms with Crippen LogP contribution < -0.4 is 16.0 Å². The van der Waals surface area contributed by atoms with E-state index in [1.54, 1.807) is 7.11 Å². The summed E-state index contributed by atoms with van der Waals surface area (Å²) in [4.78, 5) is 4.56. The largest absolute Gasteiger partial charge is 0.383 e. The van der Waals surface area contributed by atoms with E-state index in [1.807, 2.05) is 31.2 Å². The maximum atomic E-state index is 9.35. The van der Waals surface area contributed by atoms with E-state index in [0.717, 1.165) is 29.4 Å². The van der Waals surface area contributed by atoms with Crippen LogP contribution in [0.1, 0.15) is 17.5 Å². The second-order valence-corrected chi connectivity index (χ2v) is 6.06. The molecule has 7 heteroatoms. The molecule has 0 aliphatic heterocycles. The molecule has 0 aliphatic carbocycles. The van der Waals surface area contributed by atoms with Gasteiger partial charge in [-0.2, -0.15) is 5.26 Å². The number of thiocarbonyl (C=S) groups is 1. The van der Waals surface area contributed by atoms with Crippen molar-refractivity contribution in [2.75, 3.05) is 38.7 Å². The van der Waals surface area contributed by atoms with Gasteiger partial charge in [-0.15, -0.1) is 0 Å². The number of aromatic nitrogens is 1. The fourth-order valence-electron chi connectivity index (χ4n) is 2.34. The molecule has 25 heavy (non-hydrogen) atoms. The molecule has 0 spiro atoms. The summed E-state index contributed by atoms with van der Waals surface area (Å²) in [5.74, 6) is 0.625. The van der Waals surface area contributed by atoms with Gasteiger partial charge in [-0.1, -0.05) is 11.6 Å². The van der Waals surface area contributed by atoms with Gasteiger partial charge in [-0.25, -0.2) is 4.98 Å². The van der Waals surface area contributed by atoms with Gasteiger partial charge in [0.1, 0.15) is 11.9 Å². The van der Waals surface area contributed by atoms with Crippen molar-refractivity contribution in [1.82, 2.24) is 15.6 Å². The van der Waals surface area contributed by atoms with Gasteiger partial charge in [-0.05, 0) is 43.8 Å². The summed E-state index contributed by atoms with van der Waals surface area (Å²) in [6, 6.07) is 10.1. The van der Waals surface area contributed by atoms with Gasteiger partial charge in [0, 0.05) is 32.1 Å². The minimum atomic E-state index is 0.558. The monoisotopic (exact) mass is 357 g/mol. The van der Waals surface area contributed by atoms with E-state index >= 15 is 0 Å². The molecule has 6 nitrogen and oxygen atoms in total. The number of pyridine rings is 1. The van der Waals surface area contributed by atoms with E-state index in [1.165, 1.54) is 0 Å². The van der Waals surface area contributed by atoms with Crippen molar-refractivity contribution in [3.05, 3.63) is 35.4 Å². The molecule has 3 N–H and O–H groups in total. The number of anilines is 1. The summed E-state index contributed by atoms with van der Waals surface area (Å²) >= 11 is 5.16. The van der Waals surface area contributed by atoms with Gasteiger partial charge >= 0.3 is 0 Å². The summed E-state index contributed by atoms with van der Waals surface area (Å²) in [5.41, 5.74) is 2.59. The number of ether oxygens (including phenoxy) is 1. The number of fused-ring (bicyclic) bond motifs is 1. The van der Waals surface area contributed by atoms with Gasteiger partial charge in [0.05, 0.1) is 17.7 Å². The Balaban J connectivity index is 1.83. The maximum absolute atomic E-state index is 9.35. The van der Waals surface area contributed by atoms with E-state index in [9.17, 15) is 5.26 Å². The molecule has 0 fully saturated rings. The third-order valence-corrected chi connectivity index (χ3v) is 3.90. The molecule has 2 rings (SSSR count). The topological polar surface area (TPSA) is 82.0 Å². The molecule has 2 aromatic rings. The predicted molar refractivity (Wildman–Crippen MR) is 105 cm³/mol. The number of rotatable bonds is 8. The third kappa shape index (κ3) is 5.85. The Morgan fingerprint density at radius 3 is 2.80 bits per heavy atom. The first-order valence-corrected chi connectivity index (χ1v) is 8.61. The highest BCUT2D eigenvalue weighted by Crippen LogP contribution is 2.21. The van der Waals surface area contributed by atoms with E-state index in [4.69, 9.17) is 17.0 Å². The average Bonchev–Trinajstić information content (AvgIpc) is 2.61. The number of aryl methyl sites for hydroxylation is 1. The summed E-state index contributed by atoms with van der Waals surface area (Å²) in [6.07, 6.45) is 0.852. The van der Waals surface area contributed by atoms with Crippen molar-refractivity contribution in [3.63, 3.8) is 0 Å². The zero-order valence-corrected chi connectivity index (χ0v) is 15.4. The highest BCUT2D eigenvalue weighted by atomic mass is 32.1. The van der Waals surface area contributed by atoms with Crippen molar-refractivity contribution >= 4 is 34.1 Å². The zero-order valence-electron chi connectivity index (χ0n) is 14.6. The van der Waals surface area contributed by atoms with Crippen molar-refractivity contribution < 1.29 is 4.74 Å². The summed E-state index contributed by atoms with van der Waals surface area (Å²) in [5, 5.41) is 20.4. The minimum absolute atomic E-state index is 0.558. The van der Waals surface area contributed by atoms with Gasteiger partial charge in [0.15, 0.2) is 5.11 Å². The number of hydrogen-bond donors (Lipinski definition) is 3. The Morgan fingerprint density at radius 2 is 2.04 bits per heavy atom. The number of methoxy groups -OCH3 is 1. The molecule has 1 heterocycles. The molecule has 0 saturated carbocycles.